The van der Waals surface area contributed by atoms with E-state index in [-0.39, 0.29) is 5.91 Å². The molecule has 5 aromatic rings. The molecule has 2 heterocycles. The van der Waals surface area contributed by atoms with Crippen LogP contribution in [-0.4, -0.2) is 21.1 Å². The summed E-state index contributed by atoms with van der Waals surface area (Å²) in [4.78, 5) is 16.6. The first-order valence-electron chi connectivity index (χ1n) is 10.2. The monoisotopic (exact) mass is 436 g/mol. The first-order valence-corrected chi connectivity index (χ1v) is 10.2. The number of carbonyl (C=O) groups excluding carboxylic acids is 1. The van der Waals surface area contributed by atoms with E-state index >= 15 is 0 Å². The minimum absolute atomic E-state index is 0.379. The molecule has 0 aliphatic heterocycles. The molecular formula is C25H20N6O2. The van der Waals surface area contributed by atoms with Crippen LogP contribution >= 0.6 is 0 Å². The number of fused-ring (bicyclic) bond motifs is 1. The van der Waals surface area contributed by atoms with E-state index < -0.39 is 0 Å². The third-order valence-electron chi connectivity index (χ3n) is 5.25. The number of aromatic nitrogens is 3. The fourth-order valence-corrected chi connectivity index (χ4v) is 3.65. The molecule has 0 atom stereocenters. The molecule has 3 aromatic carbocycles. The maximum atomic E-state index is 12.0. The Morgan fingerprint density at radius 3 is 2.39 bits per heavy atom. The third-order valence-corrected chi connectivity index (χ3v) is 5.25. The molecule has 0 fully saturated rings. The highest BCUT2D eigenvalue weighted by atomic mass is 16.5. The van der Waals surface area contributed by atoms with Crippen LogP contribution in [0.2, 0.25) is 0 Å². The number of hydrazine groups is 1. The summed E-state index contributed by atoms with van der Waals surface area (Å²) in [5.74, 6) is 6.81. The molecule has 0 saturated heterocycles. The van der Waals surface area contributed by atoms with Gasteiger partial charge in [0.1, 0.15) is 17.3 Å². The molecule has 8 heteroatoms. The second kappa shape index (κ2) is 8.45. The molecule has 0 radical (unpaired) electrons. The molecule has 5 rings (SSSR count). The normalized spacial score (nSPS) is 10.8. The summed E-state index contributed by atoms with van der Waals surface area (Å²) < 4.78 is 5.90. The van der Waals surface area contributed by atoms with Crippen LogP contribution in [0.4, 0.5) is 5.82 Å². The maximum Gasteiger partial charge on any atom is 0.265 e. The summed E-state index contributed by atoms with van der Waals surface area (Å²) in [7, 11) is 0. The van der Waals surface area contributed by atoms with Crippen molar-refractivity contribution in [2.24, 2.45) is 5.84 Å². The molecule has 0 aliphatic carbocycles. The summed E-state index contributed by atoms with van der Waals surface area (Å²) in [6.45, 7) is 0. The quantitative estimate of drug-likeness (QED) is 0.185. The largest absolute Gasteiger partial charge is 0.457 e. The number of rotatable bonds is 5. The number of benzene rings is 3. The van der Waals surface area contributed by atoms with Crippen molar-refractivity contribution in [1.82, 2.24) is 20.6 Å². The first kappa shape index (κ1) is 20.2. The van der Waals surface area contributed by atoms with Gasteiger partial charge in [-0.15, -0.1) is 0 Å². The number of amides is 1. The van der Waals surface area contributed by atoms with Crippen molar-refractivity contribution in [1.29, 1.82) is 0 Å². The third kappa shape index (κ3) is 3.98. The standard InChI is InChI=1S/C25H20N6O2/c26-23-22-20(15-9-11-19(12-10-15)33-18-7-2-1-3-8-18)14-21(28-24(22)31-30-23)16-5-4-6-17(13-16)25(32)29-27/h1-14H,27H2,(H,29,32)(H3,26,28,30,31). The lowest BCUT2D eigenvalue weighted by Gasteiger charge is -2.10. The van der Waals surface area contributed by atoms with Gasteiger partial charge >= 0.3 is 0 Å². The number of carbonyl (C=O) groups is 1. The summed E-state index contributed by atoms with van der Waals surface area (Å²) >= 11 is 0. The molecule has 1 amide bonds. The van der Waals surface area contributed by atoms with Crippen molar-refractivity contribution in [3.05, 3.63) is 90.5 Å². The fourth-order valence-electron chi connectivity index (χ4n) is 3.65. The molecule has 0 aliphatic rings. The van der Waals surface area contributed by atoms with Gasteiger partial charge in [-0.2, -0.15) is 5.10 Å². The zero-order valence-electron chi connectivity index (χ0n) is 17.4. The molecule has 6 N–H and O–H groups in total. The molecule has 0 bridgehead atoms. The van der Waals surface area contributed by atoms with Crippen molar-refractivity contribution in [3.8, 4) is 33.9 Å². The topological polar surface area (TPSA) is 132 Å². The molecule has 0 saturated carbocycles. The van der Waals surface area contributed by atoms with E-state index in [1.165, 1.54) is 0 Å². The van der Waals surface area contributed by atoms with Gasteiger partial charge in [-0.05, 0) is 53.6 Å². The second-order valence-corrected chi connectivity index (χ2v) is 7.38. The van der Waals surface area contributed by atoms with Crippen LogP contribution in [0.15, 0.2) is 84.9 Å². The smallest absolute Gasteiger partial charge is 0.265 e. The molecule has 162 valence electrons. The fraction of sp³-hybridized carbons (Fsp3) is 0. The highest BCUT2D eigenvalue weighted by Crippen LogP contribution is 2.35. The van der Waals surface area contributed by atoms with Crippen LogP contribution in [0, 0.1) is 0 Å². The Kier molecular flexibility index (Phi) is 5.18. The zero-order chi connectivity index (χ0) is 22.8. The number of H-pyrrole nitrogens is 1. The second-order valence-electron chi connectivity index (χ2n) is 7.38. The molecule has 0 spiro atoms. The van der Waals surface area contributed by atoms with Crippen molar-refractivity contribution < 1.29 is 9.53 Å². The van der Waals surface area contributed by atoms with Crippen LogP contribution in [0.25, 0.3) is 33.4 Å². The summed E-state index contributed by atoms with van der Waals surface area (Å²) in [5.41, 5.74) is 12.4. The lowest BCUT2D eigenvalue weighted by Crippen LogP contribution is -2.29. The average Bonchev–Trinajstić information content (AvgIpc) is 3.25. The minimum atomic E-state index is -0.379. The Labute approximate surface area is 189 Å². The van der Waals surface area contributed by atoms with Crippen LogP contribution < -0.4 is 21.7 Å². The van der Waals surface area contributed by atoms with E-state index in [1.54, 1.807) is 18.2 Å². The van der Waals surface area contributed by atoms with Crippen LogP contribution in [-0.2, 0) is 0 Å². The Morgan fingerprint density at radius 1 is 0.879 bits per heavy atom. The number of ether oxygens (including phenoxy) is 1. The lowest BCUT2D eigenvalue weighted by atomic mass is 9.99. The number of para-hydroxylation sites is 1. The number of aromatic amines is 1. The summed E-state index contributed by atoms with van der Waals surface area (Å²) in [5, 5.41) is 7.79. The van der Waals surface area contributed by atoms with Crippen molar-refractivity contribution in [2.75, 3.05) is 5.73 Å². The summed E-state index contributed by atoms with van der Waals surface area (Å²) in [6, 6.07) is 26.3. The maximum absolute atomic E-state index is 12.0. The van der Waals surface area contributed by atoms with E-state index in [0.717, 1.165) is 33.6 Å². The predicted molar refractivity (Wildman–Crippen MR) is 127 cm³/mol. The van der Waals surface area contributed by atoms with Gasteiger partial charge in [0.2, 0.25) is 0 Å². The minimum Gasteiger partial charge on any atom is -0.457 e. The van der Waals surface area contributed by atoms with Crippen LogP contribution in [0.3, 0.4) is 0 Å². The molecule has 2 aromatic heterocycles. The zero-order valence-corrected chi connectivity index (χ0v) is 17.4. The Balaban J connectivity index is 1.57. The van der Waals surface area contributed by atoms with E-state index in [1.807, 2.05) is 66.7 Å². The summed E-state index contributed by atoms with van der Waals surface area (Å²) in [6.07, 6.45) is 0. The predicted octanol–water partition coefficient (Wildman–Crippen LogP) is 4.27. The van der Waals surface area contributed by atoms with E-state index in [9.17, 15) is 4.79 Å². The van der Waals surface area contributed by atoms with Gasteiger partial charge in [-0.25, -0.2) is 10.8 Å². The first-order chi connectivity index (χ1) is 16.1. The number of anilines is 1. The number of hydrogen-bond acceptors (Lipinski definition) is 6. The van der Waals surface area contributed by atoms with E-state index in [4.69, 9.17) is 16.3 Å². The number of nitrogens with zero attached hydrogens (tertiary/aromatic N) is 2. The SMILES string of the molecule is NNC(=O)c1cccc(-c2cc(-c3ccc(Oc4ccccc4)cc3)c3c(N)[nH]nc3n2)c1. The van der Waals surface area contributed by atoms with Crippen molar-refractivity contribution in [3.63, 3.8) is 0 Å². The Morgan fingerprint density at radius 2 is 1.64 bits per heavy atom. The van der Waals surface area contributed by atoms with Gasteiger partial charge in [0, 0.05) is 11.1 Å². The number of nitrogens with one attached hydrogen (secondary N) is 2. The average molecular weight is 436 g/mol. The van der Waals surface area contributed by atoms with Gasteiger partial charge in [0.25, 0.3) is 5.91 Å². The van der Waals surface area contributed by atoms with Gasteiger partial charge in [0.05, 0.1) is 11.1 Å². The van der Waals surface area contributed by atoms with Crippen molar-refractivity contribution >= 4 is 22.8 Å². The number of nitrogen functional groups attached to an aromatic ring is 2. The highest BCUT2D eigenvalue weighted by molar-refractivity contribution is 6.02. The number of nitrogens with two attached hydrogens (primary N) is 2. The van der Waals surface area contributed by atoms with E-state index in [2.05, 4.69) is 20.6 Å². The molecule has 33 heavy (non-hydrogen) atoms. The van der Waals surface area contributed by atoms with Crippen LogP contribution in [0.1, 0.15) is 10.4 Å². The molecule has 8 nitrogen and oxygen atoms in total. The van der Waals surface area contributed by atoms with E-state index in [0.29, 0.717) is 22.7 Å². The van der Waals surface area contributed by atoms with Gasteiger partial charge in [0.15, 0.2) is 5.65 Å². The lowest BCUT2D eigenvalue weighted by molar-refractivity contribution is 0.0953. The van der Waals surface area contributed by atoms with Crippen molar-refractivity contribution in [2.45, 2.75) is 0 Å². The highest BCUT2D eigenvalue weighted by Gasteiger charge is 2.15. The number of pyridine rings is 1. The molecular weight excluding hydrogens is 416 g/mol. The Hall–Kier alpha value is -4.69. The van der Waals surface area contributed by atoms with Gasteiger partial charge in [-0.3, -0.25) is 15.3 Å². The van der Waals surface area contributed by atoms with Gasteiger partial charge in [-0.1, -0.05) is 42.5 Å². The van der Waals surface area contributed by atoms with Crippen LogP contribution in [0.5, 0.6) is 11.5 Å². The Bertz CT molecular complexity index is 1450. The van der Waals surface area contributed by atoms with Gasteiger partial charge < -0.3 is 10.5 Å². The molecule has 0 unspecified atom stereocenters. The number of hydrogen-bond donors (Lipinski definition) is 4.